The van der Waals surface area contributed by atoms with Gasteiger partial charge in [-0.15, -0.1) is 0 Å². The topological polar surface area (TPSA) is 49.4 Å². The Morgan fingerprint density at radius 1 is 1.00 bits per heavy atom. The van der Waals surface area contributed by atoms with Crippen LogP contribution in [-0.4, -0.2) is 28.5 Å². The first kappa shape index (κ1) is 20.5. The SMILES string of the molecule is O=C(Nc1ccc(Cl)cc1)C(CSCc1ccccc1)N1Cc2ccccc2C1=O. The summed E-state index contributed by atoms with van der Waals surface area (Å²) in [6, 6.07) is 24.1. The van der Waals surface area contributed by atoms with Crippen LogP contribution in [0.4, 0.5) is 5.69 Å². The fourth-order valence-electron chi connectivity index (χ4n) is 3.46. The van der Waals surface area contributed by atoms with Crippen molar-refractivity contribution in [3.8, 4) is 0 Å². The first-order valence-corrected chi connectivity index (χ1v) is 11.2. The first-order valence-electron chi connectivity index (χ1n) is 9.69. The number of carbonyl (C=O) groups is 2. The fourth-order valence-corrected chi connectivity index (χ4v) is 4.68. The van der Waals surface area contributed by atoms with Crippen molar-refractivity contribution >= 4 is 40.9 Å². The molecular weight excluding hydrogens is 416 g/mol. The number of rotatable bonds is 7. The Hall–Kier alpha value is -2.76. The summed E-state index contributed by atoms with van der Waals surface area (Å²) in [4.78, 5) is 27.8. The Balaban J connectivity index is 1.51. The lowest BCUT2D eigenvalue weighted by atomic mass is 10.1. The van der Waals surface area contributed by atoms with Crippen LogP contribution >= 0.6 is 23.4 Å². The quantitative estimate of drug-likeness (QED) is 0.551. The standard InChI is InChI=1S/C24H21ClN2O2S/c25-19-10-12-20(13-11-19)26-23(28)22(16-30-15-17-6-2-1-3-7-17)27-14-18-8-4-5-9-21(18)24(27)29/h1-13,22H,14-16H2,(H,26,28). The van der Waals surface area contributed by atoms with Gasteiger partial charge in [0.2, 0.25) is 5.91 Å². The molecule has 0 fully saturated rings. The van der Waals surface area contributed by atoms with Crippen molar-refractivity contribution in [2.45, 2.75) is 18.3 Å². The van der Waals surface area contributed by atoms with Crippen LogP contribution < -0.4 is 5.32 Å². The molecule has 0 saturated heterocycles. The molecule has 30 heavy (non-hydrogen) atoms. The number of fused-ring (bicyclic) bond motifs is 1. The smallest absolute Gasteiger partial charge is 0.255 e. The zero-order chi connectivity index (χ0) is 20.9. The van der Waals surface area contributed by atoms with E-state index in [9.17, 15) is 9.59 Å². The van der Waals surface area contributed by atoms with Crippen molar-refractivity contribution < 1.29 is 9.59 Å². The maximum atomic E-state index is 13.2. The molecule has 4 rings (SSSR count). The third kappa shape index (κ3) is 4.69. The Morgan fingerprint density at radius 2 is 1.70 bits per heavy atom. The van der Waals surface area contributed by atoms with E-state index in [2.05, 4.69) is 17.4 Å². The predicted octanol–water partition coefficient (Wildman–Crippen LogP) is 5.24. The van der Waals surface area contributed by atoms with E-state index in [4.69, 9.17) is 11.6 Å². The van der Waals surface area contributed by atoms with Crippen molar-refractivity contribution in [1.82, 2.24) is 4.90 Å². The molecule has 3 aromatic carbocycles. The largest absolute Gasteiger partial charge is 0.324 e. The Labute approximate surface area is 185 Å². The van der Waals surface area contributed by atoms with Gasteiger partial charge in [0, 0.05) is 34.3 Å². The van der Waals surface area contributed by atoms with Crippen LogP contribution in [0.25, 0.3) is 0 Å². The molecule has 0 radical (unpaired) electrons. The molecule has 6 heteroatoms. The number of halogens is 1. The fraction of sp³-hybridized carbons (Fsp3) is 0.167. The molecule has 4 nitrogen and oxygen atoms in total. The maximum Gasteiger partial charge on any atom is 0.255 e. The van der Waals surface area contributed by atoms with Gasteiger partial charge in [-0.25, -0.2) is 0 Å². The highest BCUT2D eigenvalue weighted by molar-refractivity contribution is 7.98. The predicted molar refractivity (Wildman–Crippen MR) is 123 cm³/mol. The van der Waals surface area contributed by atoms with Crippen LogP contribution in [0.15, 0.2) is 78.9 Å². The van der Waals surface area contributed by atoms with Gasteiger partial charge in [-0.3, -0.25) is 9.59 Å². The maximum absolute atomic E-state index is 13.2. The van der Waals surface area contributed by atoms with E-state index in [0.717, 1.165) is 11.3 Å². The highest BCUT2D eigenvalue weighted by Gasteiger charge is 2.36. The van der Waals surface area contributed by atoms with Crippen molar-refractivity contribution in [3.63, 3.8) is 0 Å². The Morgan fingerprint density at radius 3 is 2.43 bits per heavy atom. The minimum atomic E-state index is -0.575. The second-order valence-electron chi connectivity index (χ2n) is 7.10. The third-order valence-electron chi connectivity index (χ3n) is 5.03. The van der Waals surface area contributed by atoms with Crippen LogP contribution in [0.2, 0.25) is 5.02 Å². The van der Waals surface area contributed by atoms with Gasteiger partial charge in [0.05, 0.1) is 0 Å². The molecule has 3 aromatic rings. The van der Waals surface area contributed by atoms with E-state index >= 15 is 0 Å². The van der Waals surface area contributed by atoms with E-state index in [0.29, 0.717) is 28.6 Å². The van der Waals surface area contributed by atoms with Gasteiger partial charge in [0.25, 0.3) is 5.91 Å². The molecule has 1 N–H and O–H groups in total. The van der Waals surface area contributed by atoms with Gasteiger partial charge in [-0.05, 0) is 41.5 Å². The van der Waals surface area contributed by atoms with Crippen LogP contribution in [0.3, 0.4) is 0 Å². The monoisotopic (exact) mass is 436 g/mol. The molecule has 2 amide bonds. The number of carbonyl (C=O) groups excluding carboxylic acids is 2. The van der Waals surface area contributed by atoms with E-state index in [1.807, 2.05) is 42.5 Å². The van der Waals surface area contributed by atoms with Crippen LogP contribution in [0, 0.1) is 0 Å². The molecule has 0 aromatic heterocycles. The van der Waals surface area contributed by atoms with Gasteiger partial charge in [0.1, 0.15) is 6.04 Å². The summed E-state index contributed by atoms with van der Waals surface area (Å²) in [6.07, 6.45) is 0. The lowest BCUT2D eigenvalue weighted by Gasteiger charge is -2.27. The van der Waals surface area contributed by atoms with Gasteiger partial charge in [0.15, 0.2) is 0 Å². The second-order valence-corrected chi connectivity index (χ2v) is 8.57. The Kier molecular flexibility index (Phi) is 6.41. The number of thioether (sulfide) groups is 1. The molecule has 1 atom stereocenters. The van der Waals surface area contributed by atoms with Crippen molar-refractivity contribution in [2.24, 2.45) is 0 Å². The van der Waals surface area contributed by atoms with Gasteiger partial charge >= 0.3 is 0 Å². The number of benzene rings is 3. The summed E-state index contributed by atoms with van der Waals surface area (Å²) >= 11 is 7.59. The molecule has 0 aliphatic carbocycles. The number of hydrogen-bond acceptors (Lipinski definition) is 3. The number of nitrogens with one attached hydrogen (secondary N) is 1. The van der Waals surface area contributed by atoms with Crippen molar-refractivity contribution in [1.29, 1.82) is 0 Å². The molecular formula is C24H21ClN2O2S. The van der Waals surface area contributed by atoms with Crippen LogP contribution in [0.5, 0.6) is 0 Å². The van der Waals surface area contributed by atoms with E-state index in [-0.39, 0.29) is 11.8 Å². The normalized spacial score (nSPS) is 13.8. The second kappa shape index (κ2) is 9.37. The average Bonchev–Trinajstić information content (AvgIpc) is 3.10. The molecule has 1 unspecified atom stereocenters. The summed E-state index contributed by atoms with van der Waals surface area (Å²) in [6.45, 7) is 0.444. The van der Waals surface area contributed by atoms with Crippen molar-refractivity contribution in [3.05, 3.63) is 101 Å². The minimum Gasteiger partial charge on any atom is -0.324 e. The Bertz CT molecular complexity index is 1040. The van der Waals surface area contributed by atoms with Gasteiger partial charge in [-0.2, -0.15) is 11.8 Å². The first-order chi connectivity index (χ1) is 14.6. The highest BCUT2D eigenvalue weighted by Crippen LogP contribution is 2.27. The van der Waals surface area contributed by atoms with E-state index in [1.54, 1.807) is 40.9 Å². The average molecular weight is 437 g/mol. The summed E-state index contributed by atoms with van der Waals surface area (Å²) in [5.74, 6) is 0.996. The lowest BCUT2D eigenvalue weighted by molar-refractivity contribution is -0.119. The summed E-state index contributed by atoms with van der Waals surface area (Å²) in [5, 5.41) is 3.54. The summed E-state index contributed by atoms with van der Waals surface area (Å²) < 4.78 is 0. The van der Waals surface area contributed by atoms with Crippen molar-refractivity contribution in [2.75, 3.05) is 11.1 Å². The molecule has 0 bridgehead atoms. The molecule has 1 aliphatic rings. The number of anilines is 1. The number of amides is 2. The molecule has 1 heterocycles. The zero-order valence-corrected chi connectivity index (χ0v) is 17.8. The third-order valence-corrected chi connectivity index (χ3v) is 6.37. The molecule has 0 spiro atoms. The van der Waals surface area contributed by atoms with Gasteiger partial charge in [-0.1, -0.05) is 60.1 Å². The van der Waals surface area contributed by atoms with Gasteiger partial charge < -0.3 is 10.2 Å². The minimum absolute atomic E-state index is 0.0952. The molecule has 1 aliphatic heterocycles. The molecule has 0 saturated carbocycles. The zero-order valence-electron chi connectivity index (χ0n) is 16.3. The number of nitrogens with zero attached hydrogens (tertiary/aromatic N) is 1. The lowest BCUT2D eigenvalue weighted by Crippen LogP contribution is -2.46. The van der Waals surface area contributed by atoms with E-state index in [1.165, 1.54) is 5.56 Å². The molecule has 152 valence electrons. The van der Waals surface area contributed by atoms with E-state index < -0.39 is 6.04 Å². The summed E-state index contributed by atoms with van der Waals surface area (Å²) in [7, 11) is 0. The number of hydrogen-bond donors (Lipinski definition) is 1. The summed E-state index contributed by atoms with van der Waals surface area (Å²) in [5.41, 5.74) is 3.48. The van der Waals surface area contributed by atoms with Crippen LogP contribution in [0.1, 0.15) is 21.5 Å². The van der Waals surface area contributed by atoms with Crippen LogP contribution in [-0.2, 0) is 17.1 Å². The highest BCUT2D eigenvalue weighted by atomic mass is 35.5.